The minimum absolute atomic E-state index is 0.0801. The molecule has 15 heavy (non-hydrogen) atoms. The number of hydrogen-bond acceptors (Lipinski definition) is 3. The van der Waals surface area contributed by atoms with Crippen LogP contribution in [-0.2, 0) is 11.3 Å². The minimum Gasteiger partial charge on any atom is -0.381 e. The fraction of sp³-hybridized carbons (Fsp3) is 0.636. The van der Waals surface area contributed by atoms with Gasteiger partial charge in [-0.3, -0.25) is 9.36 Å². The van der Waals surface area contributed by atoms with E-state index in [-0.39, 0.29) is 5.56 Å². The van der Waals surface area contributed by atoms with Crippen LogP contribution < -0.4 is 5.56 Å². The lowest BCUT2D eigenvalue weighted by atomic mass is 10.0. The van der Waals surface area contributed by atoms with Gasteiger partial charge in [0.25, 0.3) is 5.56 Å². The molecule has 1 saturated heterocycles. The van der Waals surface area contributed by atoms with Crippen LogP contribution in [0.15, 0.2) is 17.3 Å². The van der Waals surface area contributed by atoms with Crippen LogP contribution in [0.3, 0.4) is 0 Å². The molecule has 2 heterocycles. The van der Waals surface area contributed by atoms with Gasteiger partial charge in [-0.25, -0.2) is 4.98 Å². The standard InChI is InChI=1S/C11H16N2O2/c1-9-6-12-8-13(11(9)14)7-10-2-4-15-5-3-10/h6,8,10H,2-5,7H2,1H3. The Morgan fingerprint density at radius 1 is 1.53 bits per heavy atom. The zero-order valence-electron chi connectivity index (χ0n) is 8.98. The second kappa shape index (κ2) is 4.57. The van der Waals surface area contributed by atoms with Crippen molar-refractivity contribution in [3.8, 4) is 0 Å². The summed E-state index contributed by atoms with van der Waals surface area (Å²) in [7, 11) is 0. The number of aromatic nitrogens is 2. The first-order valence-electron chi connectivity index (χ1n) is 5.36. The average molecular weight is 208 g/mol. The largest absolute Gasteiger partial charge is 0.381 e. The number of rotatable bonds is 2. The predicted molar refractivity (Wildman–Crippen MR) is 56.8 cm³/mol. The Kier molecular flexibility index (Phi) is 3.16. The van der Waals surface area contributed by atoms with Gasteiger partial charge in [0.05, 0.1) is 6.33 Å². The summed E-state index contributed by atoms with van der Waals surface area (Å²) in [6.45, 7) is 4.21. The average Bonchev–Trinajstić information content (AvgIpc) is 2.26. The molecule has 0 radical (unpaired) electrons. The van der Waals surface area contributed by atoms with Crippen LogP contribution in [-0.4, -0.2) is 22.8 Å². The molecular formula is C11H16N2O2. The number of nitrogens with zero attached hydrogens (tertiary/aromatic N) is 2. The van der Waals surface area contributed by atoms with Gasteiger partial charge in [-0.1, -0.05) is 0 Å². The first-order chi connectivity index (χ1) is 7.27. The maximum Gasteiger partial charge on any atom is 0.256 e. The molecule has 1 aromatic heterocycles. The van der Waals surface area contributed by atoms with E-state index in [2.05, 4.69) is 4.98 Å². The van der Waals surface area contributed by atoms with Crippen LogP contribution in [0.1, 0.15) is 18.4 Å². The van der Waals surface area contributed by atoms with Crippen molar-refractivity contribution in [3.63, 3.8) is 0 Å². The van der Waals surface area contributed by atoms with Crippen molar-refractivity contribution in [2.45, 2.75) is 26.3 Å². The molecule has 0 bridgehead atoms. The van der Waals surface area contributed by atoms with E-state index in [1.165, 1.54) is 0 Å². The van der Waals surface area contributed by atoms with E-state index in [1.54, 1.807) is 24.0 Å². The van der Waals surface area contributed by atoms with Gasteiger partial charge in [-0.15, -0.1) is 0 Å². The minimum atomic E-state index is 0.0801. The van der Waals surface area contributed by atoms with Crippen molar-refractivity contribution in [2.75, 3.05) is 13.2 Å². The number of hydrogen-bond donors (Lipinski definition) is 0. The van der Waals surface area contributed by atoms with Crippen molar-refractivity contribution >= 4 is 0 Å². The highest BCUT2D eigenvalue weighted by Gasteiger charge is 2.14. The monoisotopic (exact) mass is 208 g/mol. The van der Waals surface area contributed by atoms with Crippen LogP contribution in [0.5, 0.6) is 0 Å². The molecule has 0 aliphatic carbocycles. The Labute approximate surface area is 88.9 Å². The predicted octanol–water partition coefficient (Wildman–Crippen LogP) is 0.978. The second-order valence-corrected chi connectivity index (χ2v) is 4.09. The van der Waals surface area contributed by atoms with Crippen molar-refractivity contribution in [2.24, 2.45) is 5.92 Å². The quantitative estimate of drug-likeness (QED) is 0.727. The van der Waals surface area contributed by atoms with Gasteiger partial charge in [0, 0.05) is 31.5 Å². The molecule has 0 atom stereocenters. The molecule has 4 heteroatoms. The third kappa shape index (κ3) is 2.45. The molecule has 1 fully saturated rings. The van der Waals surface area contributed by atoms with Gasteiger partial charge in [0.1, 0.15) is 0 Å². The topological polar surface area (TPSA) is 44.1 Å². The molecule has 0 amide bonds. The van der Waals surface area contributed by atoms with Crippen molar-refractivity contribution in [1.29, 1.82) is 0 Å². The molecule has 2 rings (SSSR count). The van der Waals surface area contributed by atoms with Crippen molar-refractivity contribution in [1.82, 2.24) is 9.55 Å². The molecule has 0 unspecified atom stereocenters. The van der Waals surface area contributed by atoms with Crippen LogP contribution >= 0.6 is 0 Å². The van der Waals surface area contributed by atoms with Crippen LogP contribution in [0.25, 0.3) is 0 Å². The molecule has 4 nitrogen and oxygen atoms in total. The Morgan fingerprint density at radius 2 is 2.27 bits per heavy atom. The molecule has 0 spiro atoms. The first kappa shape index (κ1) is 10.4. The molecule has 82 valence electrons. The van der Waals surface area contributed by atoms with Gasteiger partial charge in [-0.05, 0) is 25.7 Å². The van der Waals surface area contributed by atoms with Crippen LogP contribution in [0, 0.1) is 12.8 Å². The maximum absolute atomic E-state index is 11.7. The molecule has 1 aliphatic rings. The fourth-order valence-corrected chi connectivity index (χ4v) is 1.90. The zero-order chi connectivity index (χ0) is 10.7. The van der Waals surface area contributed by atoms with Gasteiger partial charge >= 0.3 is 0 Å². The molecule has 0 aromatic carbocycles. The summed E-state index contributed by atoms with van der Waals surface area (Å²) in [5.74, 6) is 0.556. The molecule has 0 saturated carbocycles. The van der Waals surface area contributed by atoms with E-state index in [1.807, 2.05) is 0 Å². The molecule has 0 N–H and O–H groups in total. The van der Waals surface area contributed by atoms with Gasteiger partial charge in [-0.2, -0.15) is 0 Å². The van der Waals surface area contributed by atoms with Crippen molar-refractivity contribution < 1.29 is 4.74 Å². The van der Waals surface area contributed by atoms with E-state index in [9.17, 15) is 4.79 Å². The summed E-state index contributed by atoms with van der Waals surface area (Å²) >= 11 is 0. The highest BCUT2D eigenvalue weighted by atomic mass is 16.5. The van der Waals surface area contributed by atoms with Crippen LogP contribution in [0.2, 0.25) is 0 Å². The Morgan fingerprint density at radius 3 is 3.00 bits per heavy atom. The summed E-state index contributed by atoms with van der Waals surface area (Å²) < 4.78 is 7.00. The highest BCUT2D eigenvalue weighted by molar-refractivity contribution is 5.00. The van der Waals surface area contributed by atoms with E-state index < -0.39 is 0 Å². The van der Waals surface area contributed by atoms with E-state index in [0.29, 0.717) is 11.5 Å². The summed E-state index contributed by atoms with van der Waals surface area (Å²) in [5, 5.41) is 0. The smallest absolute Gasteiger partial charge is 0.256 e. The summed E-state index contributed by atoms with van der Waals surface area (Å²) in [6, 6.07) is 0. The third-order valence-corrected chi connectivity index (χ3v) is 2.87. The van der Waals surface area contributed by atoms with E-state index in [4.69, 9.17) is 4.74 Å². The Hall–Kier alpha value is -1.16. The molecular weight excluding hydrogens is 192 g/mol. The van der Waals surface area contributed by atoms with E-state index in [0.717, 1.165) is 32.6 Å². The number of aryl methyl sites for hydroxylation is 1. The summed E-state index contributed by atoms with van der Waals surface area (Å²) in [5.41, 5.74) is 0.793. The van der Waals surface area contributed by atoms with Gasteiger partial charge in [0.15, 0.2) is 0 Å². The number of ether oxygens (including phenoxy) is 1. The van der Waals surface area contributed by atoms with Gasteiger partial charge < -0.3 is 4.74 Å². The van der Waals surface area contributed by atoms with Crippen LogP contribution in [0.4, 0.5) is 0 Å². The lowest BCUT2D eigenvalue weighted by molar-refractivity contribution is 0.0608. The molecule has 1 aliphatic heterocycles. The van der Waals surface area contributed by atoms with Gasteiger partial charge in [0.2, 0.25) is 0 Å². The Bertz CT molecular complexity index is 380. The fourth-order valence-electron chi connectivity index (χ4n) is 1.90. The lowest BCUT2D eigenvalue weighted by Crippen LogP contribution is -2.28. The molecule has 1 aromatic rings. The summed E-state index contributed by atoms with van der Waals surface area (Å²) in [6.07, 6.45) is 5.33. The van der Waals surface area contributed by atoms with Crippen molar-refractivity contribution in [3.05, 3.63) is 28.4 Å². The maximum atomic E-state index is 11.7. The highest BCUT2D eigenvalue weighted by Crippen LogP contribution is 2.15. The van der Waals surface area contributed by atoms with E-state index >= 15 is 0 Å². The first-order valence-corrected chi connectivity index (χ1v) is 5.36. The second-order valence-electron chi connectivity index (χ2n) is 4.09. The summed E-state index contributed by atoms with van der Waals surface area (Å²) in [4.78, 5) is 15.8. The third-order valence-electron chi connectivity index (χ3n) is 2.87. The SMILES string of the molecule is Cc1cncn(CC2CCOCC2)c1=O. The lowest BCUT2D eigenvalue weighted by Gasteiger charge is -2.22. The zero-order valence-corrected chi connectivity index (χ0v) is 8.98. The Balaban J connectivity index is 2.09. The normalized spacial score (nSPS) is 17.9.